The molecule has 0 radical (unpaired) electrons. The van der Waals surface area contributed by atoms with Crippen LogP contribution in [0.3, 0.4) is 0 Å². The monoisotopic (exact) mass is 756 g/mol. The number of thiophene rings is 1. The highest BCUT2D eigenvalue weighted by Gasteiger charge is 2.56. The zero-order valence-electron chi connectivity index (χ0n) is 27.5. The summed E-state index contributed by atoms with van der Waals surface area (Å²) in [6.45, 7) is 4.46. The number of benzene rings is 1. The minimum absolute atomic E-state index is 0.0119. The molecule has 1 saturated heterocycles. The van der Waals surface area contributed by atoms with E-state index in [-0.39, 0.29) is 64.3 Å². The molecule has 2 aromatic heterocycles. The van der Waals surface area contributed by atoms with Gasteiger partial charge >= 0.3 is 17.9 Å². The third-order valence-corrected chi connectivity index (χ3v) is 13.0. The first-order chi connectivity index (χ1) is 24.4. The van der Waals surface area contributed by atoms with Crippen molar-refractivity contribution >= 4 is 81.0 Å². The van der Waals surface area contributed by atoms with E-state index in [0.717, 1.165) is 10.9 Å². The lowest BCUT2D eigenvalue weighted by Gasteiger charge is -2.46. The predicted octanol–water partition coefficient (Wildman–Crippen LogP) is 3.05. The molecule has 5 heterocycles. The van der Waals surface area contributed by atoms with Gasteiger partial charge < -0.3 is 29.4 Å². The van der Waals surface area contributed by atoms with Crippen molar-refractivity contribution < 1.29 is 42.9 Å². The lowest BCUT2D eigenvalue weighted by Crippen LogP contribution is -2.65. The fourth-order valence-electron chi connectivity index (χ4n) is 6.93. The Labute approximate surface area is 303 Å². The molecule has 1 aliphatic carbocycles. The molecule has 1 amide bonds. The molecule has 2 N–H and O–H groups in total. The zero-order chi connectivity index (χ0) is 36.1. The van der Waals surface area contributed by atoms with Crippen LogP contribution in [-0.4, -0.2) is 101 Å². The van der Waals surface area contributed by atoms with Crippen LogP contribution >= 0.6 is 34.9 Å². The number of Topliss-reactive ketones (excluding diaryl/α,β-unsaturated/α-hetero) is 1. The first-order valence-electron chi connectivity index (χ1n) is 16.2. The number of aromatic nitrogens is 1. The first kappa shape index (κ1) is 35.2. The van der Waals surface area contributed by atoms with Gasteiger partial charge in [0, 0.05) is 54.4 Å². The molecule has 3 aromatic rings. The minimum atomic E-state index is -1.34. The van der Waals surface area contributed by atoms with Gasteiger partial charge in [-0.05, 0) is 36.1 Å². The number of aromatic carboxylic acids is 1. The molecular weight excluding hydrogens is 724 g/mol. The van der Waals surface area contributed by atoms with Crippen LogP contribution in [0, 0.1) is 11.7 Å². The second kappa shape index (κ2) is 14.1. The summed E-state index contributed by atoms with van der Waals surface area (Å²) in [5, 5.41) is 14.2. The molecule has 2 unspecified atom stereocenters. The number of pyridine rings is 1. The van der Waals surface area contributed by atoms with Crippen molar-refractivity contribution in [1.29, 1.82) is 0 Å². The third-order valence-electron chi connectivity index (χ3n) is 9.49. The average molecular weight is 757 g/mol. The number of thioether (sulfide) groups is 2. The number of anilines is 1. The molecule has 4 aliphatic rings. The number of nitrogens with zero attached hydrogens (tertiary/aromatic N) is 3. The number of nitrogens with one attached hydrogen (secondary N) is 1. The van der Waals surface area contributed by atoms with Crippen LogP contribution in [0.5, 0.6) is 0 Å². The van der Waals surface area contributed by atoms with E-state index >= 15 is 4.39 Å². The average Bonchev–Trinajstić information content (AvgIpc) is 3.61. The van der Waals surface area contributed by atoms with E-state index in [2.05, 4.69) is 5.32 Å². The highest BCUT2D eigenvalue weighted by atomic mass is 32.2. The van der Waals surface area contributed by atoms with Gasteiger partial charge in [0.2, 0.25) is 11.3 Å². The van der Waals surface area contributed by atoms with E-state index in [1.807, 2.05) is 34.2 Å². The molecule has 1 aromatic carbocycles. The number of rotatable bonds is 10. The number of carbonyl (C=O) groups excluding carboxylic acids is 4. The van der Waals surface area contributed by atoms with Crippen LogP contribution in [0.1, 0.15) is 34.5 Å². The molecule has 1 saturated carbocycles. The van der Waals surface area contributed by atoms with Crippen molar-refractivity contribution in [3.63, 3.8) is 0 Å². The van der Waals surface area contributed by atoms with Crippen LogP contribution in [0.15, 0.2) is 50.6 Å². The van der Waals surface area contributed by atoms with Crippen LogP contribution in [0.4, 0.5) is 10.1 Å². The van der Waals surface area contributed by atoms with E-state index < -0.39 is 41.1 Å². The van der Waals surface area contributed by atoms with Gasteiger partial charge in [-0.3, -0.25) is 24.1 Å². The van der Waals surface area contributed by atoms with Gasteiger partial charge in [-0.15, -0.1) is 11.3 Å². The number of amides is 1. The van der Waals surface area contributed by atoms with Gasteiger partial charge in [0.1, 0.15) is 30.8 Å². The number of ether oxygens (including phenoxy) is 2. The number of carboxylic acid groups (broad SMARTS) is 1. The molecule has 2 fully saturated rings. The largest absolute Gasteiger partial charge is 0.477 e. The van der Waals surface area contributed by atoms with Gasteiger partial charge in [0.05, 0.1) is 39.5 Å². The Bertz CT molecular complexity index is 2060. The van der Waals surface area contributed by atoms with E-state index in [0.29, 0.717) is 48.0 Å². The normalized spacial score (nSPS) is 22.8. The van der Waals surface area contributed by atoms with Gasteiger partial charge in [0.25, 0.3) is 0 Å². The number of carbonyl (C=O) groups is 5. The summed E-state index contributed by atoms with van der Waals surface area (Å²) in [7, 11) is 0. The van der Waals surface area contributed by atoms with Crippen molar-refractivity contribution in [2.45, 2.75) is 42.0 Å². The molecule has 0 spiro atoms. The number of fused-ring (bicyclic) bond motifs is 4. The Hall–Kier alpha value is -4.19. The molecule has 13 nitrogen and oxygen atoms in total. The Morgan fingerprint density at radius 2 is 1.86 bits per heavy atom. The van der Waals surface area contributed by atoms with Gasteiger partial charge in [-0.25, -0.2) is 14.0 Å². The second-order valence-electron chi connectivity index (χ2n) is 12.6. The number of piperazine rings is 1. The Kier molecular flexibility index (Phi) is 9.73. The summed E-state index contributed by atoms with van der Waals surface area (Å²) in [4.78, 5) is 80.5. The van der Waals surface area contributed by atoms with E-state index in [4.69, 9.17) is 9.47 Å². The summed E-state index contributed by atoms with van der Waals surface area (Å²) < 4.78 is 28.1. The molecule has 7 rings (SSSR count). The Balaban J connectivity index is 1.01. The molecular formula is C34H33FN4O9S3. The SMILES string of the molecule is CC(=O)OCC1=C(C(=O)OCN2CCN(c3cc4c(cc3F)c(=O)c(C(=O)O)c3n4C(C)S3)CC2)C2C(=O)[C@@H](NC(=O)Cc3cccs3)[C@H]2SC1. The fourth-order valence-corrected chi connectivity index (χ4v) is 10.3. The maximum absolute atomic E-state index is 15.4. The Morgan fingerprint density at radius 3 is 2.53 bits per heavy atom. The molecule has 17 heteroatoms. The fraction of sp³-hybridized carbons (Fsp3) is 0.412. The van der Waals surface area contributed by atoms with Gasteiger partial charge in [0.15, 0.2) is 5.78 Å². The highest BCUT2D eigenvalue weighted by molar-refractivity contribution is 8.00. The van der Waals surface area contributed by atoms with Crippen molar-refractivity contribution in [1.82, 2.24) is 14.8 Å². The standard InChI is InChI=1S/C34H33FN4O9S3/c1-16-39-22-12-23(21(35)11-20(22)29(42)27(33(44)45)32(39)51-16)38-7-5-37(6-8-38)15-48-34(46)25-18(13-47-17(2)40)14-50-31-26(25)30(43)28(31)36-24(41)10-19-4-3-9-49-19/h3-4,9,11-12,16,26,28,31H,5-8,10,13-15H2,1-2H3,(H,36,41)(H,44,45)/t16?,26?,28-,31+/m1/s1. The van der Waals surface area contributed by atoms with E-state index in [1.165, 1.54) is 41.8 Å². The van der Waals surface area contributed by atoms with Crippen molar-refractivity contribution in [3.8, 4) is 0 Å². The number of hydrogen-bond acceptors (Lipinski definition) is 13. The molecule has 3 aliphatic heterocycles. The lowest BCUT2D eigenvalue weighted by atomic mass is 9.71. The summed E-state index contributed by atoms with van der Waals surface area (Å²) >= 11 is 4.15. The molecule has 268 valence electrons. The maximum Gasteiger partial charge on any atom is 0.342 e. The van der Waals surface area contributed by atoms with Crippen LogP contribution in [0.2, 0.25) is 0 Å². The Morgan fingerprint density at radius 1 is 1.10 bits per heavy atom. The quantitative estimate of drug-likeness (QED) is 0.291. The number of carboxylic acids is 1. The lowest BCUT2D eigenvalue weighted by molar-refractivity contribution is -0.148. The van der Waals surface area contributed by atoms with E-state index in [9.17, 15) is 33.9 Å². The first-order valence-corrected chi connectivity index (χ1v) is 19.0. The number of esters is 2. The van der Waals surface area contributed by atoms with Crippen molar-refractivity contribution in [3.05, 3.63) is 67.3 Å². The number of halogens is 1. The van der Waals surface area contributed by atoms with E-state index in [1.54, 1.807) is 10.6 Å². The van der Waals surface area contributed by atoms with Gasteiger partial charge in [-0.1, -0.05) is 17.8 Å². The van der Waals surface area contributed by atoms with Crippen LogP contribution in [0.25, 0.3) is 10.9 Å². The molecule has 0 bridgehead atoms. The van der Waals surface area contributed by atoms with Gasteiger partial charge in [-0.2, -0.15) is 11.8 Å². The molecule has 4 atom stereocenters. The van der Waals surface area contributed by atoms with Crippen LogP contribution in [-0.2, 0) is 35.1 Å². The number of ketones is 1. The minimum Gasteiger partial charge on any atom is -0.477 e. The number of hydrogen-bond donors (Lipinski definition) is 2. The van der Waals surface area contributed by atoms with Crippen LogP contribution < -0.4 is 15.6 Å². The highest BCUT2D eigenvalue weighted by Crippen LogP contribution is 2.47. The van der Waals surface area contributed by atoms with Crippen molar-refractivity contribution in [2.24, 2.45) is 5.92 Å². The summed E-state index contributed by atoms with van der Waals surface area (Å²) in [6.07, 6.45) is 0.153. The molecule has 51 heavy (non-hydrogen) atoms. The summed E-state index contributed by atoms with van der Waals surface area (Å²) in [5.41, 5.74) is 0.342. The summed E-state index contributed by atoms with van der Waals surface area (Å²) in [6, 6.07) is 5.65. The zero-order valence-corrected chi connectivity index (χ0v) is 30.0. The van der Waals surface area contributed by atoms with Crippen molar-refractivity contribution in [2.75, 3.05) is 50.2 Å². The smallest absolute Gasteiger partial charge is 0.342 e. The third kappa shape index (κ3) is 6.56. The maximum atomic E-state index is 15.4. The topological polar surface area (TPSA) is 165 Å². The second-order valence-corrected chi connectivity index (χ2v) is 16.1. The summed E-state index contributed by atoms with van der Waals surface area (Å²) in [5.74, 6) is -4.26. The predicted molar refractivity (Wildman–Crippen MR) is 189 cm³/mol.